The maximum Gasteiger partial charge on any atom is 0.191 e. The highest BCUT2D eigenvalue weighted by Gasteiger charge is 2.09. The van der Waals surface area contributed by atoms with Gasteiger partial charge in [0.15, 0.2) is 5.96 Å². The minimum absolute atomic E-state index is 0. The van der Waals surface area contributed by atoms with Crippen LogP contribution in [0.25, 0.3) is 0 Å². The Hall–Kier alpha value is -0.580. The molecule has 1 saturated heterocycles. The van der Waals surface area contributed by atoms with E-state index in [-0.39, 0.29) is 24.0 Å². The molecule has 0 bridgehead atoms. The van der Waals surface area contributed by atoms with E-state index in [0.717, 1.165) is 61.1 Å². The molecule has 8 heteroatoms. The smallest absolute Gasteiger partial charge is 0.191 e. The van der Waals surface area contributed by atoms with Gasteiger partial charge in [0.25, 0.3) is 0 Å². The zero-order valence-corrected chi connectivity index (χ0v) is 18.1. The van der Waals surface area contributed by atoms with Crippen molar-refractivity contribution in [3.8, 4) is 5.75 Å². The van der Waals surface area contributed by atoms with E-state index >= 15 is 0 Å². The molecular weight excluding hydrogens is 487 g/mol. The van der Waals surface area contributed by atoms with Crippen molar-refractivity contribution in [3.63, 3.8) is 0 Å². The molecule has 0 aliphatic carbocycles. The van der Waals surface area contributed by atoms with E-state index < -0.39 is 0 Å². The normalized spacial score (nSPS) is 15.5. The van der Waals surface area contributed by atoms with Crippen LogP contribution in [0.4, 0.5) is 0 Å². The van der Waals surface area contributed by atoms with Gasteiger partial charge in [-0.15, -0.1) is 24.0 Å². The number of rotatable bonds is 6. The molecule has 0 saturated carbocycles. The summed E-state index contributed by atoms with van der Waals surface area (Å²) in [5, 5.41) is 6.67. The summed E-state index contributed by atoms with van der Waals surface area (Å²) in [6, 6.07) is 6.04. The summed E-state index contributed by atoms with van der Waals surface area (Å²) >= 11 is 3.50. The first-order valence-corrected chi connectivity index (χ1v) is 8.59. The number of ether oxygens (including phenoxy) is 2. The first-order valence-electron chi connectivity index (χ1n) is 7.80. The predicted octanol–water partition coefficient (Wildman–Crippen LogP) is 2.07. The molecule has 1 fully saturated rings. The van der Waals surface area contributed by atoms with E-state index in [1.807, 2.05) is 18.2 Å². The summed E-state index contributed by atoms with van der Waals surface area (Å²) in [7, 11) is 3.45. The number of halogens is 2. The third kappa shape index (κ3) is 7.12. The van der Waals surface area contributed by atoms with Crippen molar-refractivity contribution < 1.29 is 9.47 Å². The minimum Gasteiger partial charge on any atom is -0.496 e. The lowest BCUT2D eigenvalue weighted by atomic mass is 10.2. The molecule has 0 aromatic heterocycles. The Labute approximate surface area is 169 Å². The number of hydrogen-bond donors (Lipinski definition) is 2. The molecule has 2 N–H and O–H groups in total. The van der Waals surface area contributed by atoms with Gasteiger partial charge in [0.05, 0.1) is 24.8 Å². The van der Waals surface area contributed by atoms with Crippen LogP contribution in [0.15, 0.2) is 27.7 Å². The van der Waals surface area contributed by atoms with Crippen LogP contribution >= 0.6 is 39.9 Å². The minimum atomic E-state index is 0. The second-order valence-electron chi connectivity index (χ2n) is 5.28. The number of hydrogen-bond acceptors (Lipinski definition) is 4. The molecule has 0 amide bonds. The zero-order chi connectivity index (χ0) is 16.5. The van der Waals surface area contributed by atoms with E-state index in [1.165, 1.54) is 0 Å². The monoisotopic (exact) mass is 512 g/mol. The summed E-state index contributed by atoms with van der Waals surface area (Å²) in [6.07, 6.45) is 0. The van der Waals surface area contributed by atoms with Crippen molar-refractivity contribution >= 4 is 45.9 Å². The van der Waals surface area contributed by atoms with Crippen LogP contribution in [-0.4, -0.2) is 64.4 Å². The SMILES string of the molecule is CN=C(NCCN1CCOCC1)NCc1ccc(OC)c(Br)c1.I. The fourth-order valence-electron chi connectivity index (χ4n) is 2.38. The Morgan fingerprint density at radius 3 is 2.71 bits per heavy atom. The number of nitrogens with zero attached hydrogens (tertiary/aromatic N) is 2. The van der Waals surface area contributed by atoms with E-state index in [2.05, 4.69) is 36.5 Å². The van der Waals surface area contributed by atoms with Gasteiger partial charge >= 0.3 is 0 Å². The number of morpholine rings is 1. The van der Waals surface area contributed by atoms with Crippen molar-refractivity contribution in [2.75, 3.05) is 53.6 Å². The quantitative estimate of drug-likeness (QED) is 0.347. The Morgan fingerprint density at radius 2 is 2.08 bits per heavy atom. The van der Waals surface area contributed by atoms with Gasteiger partial charge in [0.1, 0.15) is 5.75 Å². The number of aliphatic imine (C=N–C) groups is 1. The second kappa shape index (κ2) is 11.9. The predicted molar refractivity (Wildman–Crippen MR) is 112 cm³/mol. The third-order valence-corrected chi connectivity index (χ3v) is 4.34. The molecule has 1 aliphatic rings. The van der Waals surface area contributed by atoms with Gasteiger partial charge in [-0.3, -0.25) is 9.89 Å². The maximum absolute atomic E-state index is 5.35. The molecule has 0 atom stereocenters. The van der Waals surface area contributed by atoms with Gasteiger partial charge < -0.3 is 20.1 Å². The molecule has 2 rings (SSSR count). The highest BCUT2D eigenvalue weighted by Crippen LogP contribution is 2.25. The molecular formula is C16H26BrIN4O2. The van der Waals surface area contributed by atoms with Gasteiger partial charge in [-0.25, -0.2) is 0 Å². The maximum atomic E-state index is 5.35. The summed E-state index contributed by atoms with van der Waals surface area (Å²) in [4.78, 5) is 6.65. The molecule has 24 heavy (non-hydrogen) atoms. The molecule has 136 valence electrons. The van der Waals surface area contributed by atoms with Crippen LogP contribution in [0, 0.1) is 0 Å². The van der Waals surface area contributed by atoms with Gasteiger partial charge in [-0.1, -0.05) is 6.07 Å². The van der Waals surface area contributed by atoms with Crippen molar-refractivity contribution in [2.24, 2.45) is 4.99 Å². The third-order valence-electron chi connectivity index (χ3n) is 3.72. The van der Waals surface area contributed by atoms with Crippen molar-refractivity contribution in [2.45, 2.75) is 6.54 Å². The topological polar surface area (TPSA) is 58.1 Å². The van der Waals surface area contributed by atoms with Gasteiger partial charge in [0, 0.05) is 39.8 Å². The summed E-state index contributed by atoms with van der Waals surface area (Å²) in [6.45, 7) is 6.25. The Morgan fingerprint density at radius 1 is 1.33 bits per heavy atom. The number of benzene rings is 1. The summed E-state index contributed by atoms with van der Waals surface area (Å²) in [5.74, 6) is 1.65. The average Bonchev–Trinajstić information content (AvgIpc) is 2.59. The van der Waals surface area contributed by atoms with Crippen LogP contribution in [0.1, 0.15) is 5.56 Å². The number of nitrogens with one attached hydrogen (secondary N) is 2. The Kier molecular flexibility index (Phi) is 10.6. The highest BCUT2D eigenvalue weighted by molar-refractivity contribution is 14.0. The van der Waals surface area contributed by atoms with E-state index in [9.17, 15) is 0 Å². The fourth-order valence-corrected chi connectivity index (χ4v) is 2.97. The fraction of sp³-hybridized carbons (Fsp3) is 0.562. The molecule has 0 unspecified atom stereocenters. The molecule has 6 nitrogen and oxygen atoms in total. The van der Waals surface area contributed by atoms with Crippen molar-refractivity contribution in [1.29, 1.82) is 0 Å². The van der Waals surface area contributed by atoms with Crippen molar-refractivity contribution in [1.82, 2.24) is 15.5 Å². The van der Waals surface area contributed by atoms with Gasteiger partial charge in [-0.2, -0.15) is 0 Å². The number of methoxy groups -OCH3 is 1. The molecule has 1 heterocycles. The van der Waals surface area contributed by atoms with E-state index in [1.54, 1.807) is 14.2 Å². The second-order valence-corrected chi connectivity index (χ2v) is 6.13. The largest absolute Gasteiger partial charge is 0.496 e. The van der Waals surface area contributed by atoms with Crippen molar-refractivity contribution in [3.05, 3.63) is 28.2 Å². The van der Waals surface area contributed by atoms with Crippen LogP contribution < -0.4 is 15.4 Å². The molecule has 1 aromatic rings. The average molecular weight is 513 g/mol. The molecule has 1 aliphatic heterocycles. The van der Waals surface area contributed by atoms with E-state index in [0.29, 0.717) is 6.54 Å². The molecule has 0 radical (unpaired) electrons. The first-order chi connectivity index (χ1) is 11.2. The van der Waals surface area contributed by atoms with Gasteiger partial charge in [-0.05, 0) is 33.6 Å². The highest BCUT2D eigenvalue weighted by atomic mass is 127. The Balaban J connectivity index is 0.00000288. The summed E-state index contributed by atoms with van der Waals surface area (Å²) < 4.78 is 11.5. The van der Waals surface area contributed by atoms with Crippen LogP contribution in [0.3, 0.4) is 0 Å². The van der Waals surface area contributed by atoms with E-state index in [4.69, 9.17) is 9.47 Å². The van der Waals surface area contributed by atoms with Gasteiger partial charge in [0.2, 0.25) is 0 Å². The Bertz CT molecular complexity index is 525. The number of guanidine groups is 1. The molecule has 0 spiro atoms. The standard InChI is InChI=1S/C16H25BrN4O2.HI/c1-18-16(19-5-6-21-7-9-23-10-8-21)20-12-13-3-4-15(22-2)14(17)11-13;/h3-4,11H,5-10,12H2,1-2H3,(H2,18,19,20);1H. The lowest BCUT2D eigenvalue weighted by molar-refractivity contribution is 0.0389. The first kappa shape index (κ1) is 21.5. The van der Waals surface area contributed by atoms with Crippen LogP contribution in [-0.2, 0) is 11.3 Å². The molecule has 1 aromatic carbocycles. The van der Waals surface area contributed by atoms with Crippen LogP contribution in [0.2, 0.25) is 0 Å². The lowest BCUT2D eigenvalue weighted by Gasteiger charge is -2.26. The summed E-state index contributed by atoms with van der Waals surface area (Å²) in [5.41, 5.74) is 1.16. The van der Waals surface area contributed by atoms with Crippen LogP contribution in [0.5, 0.6) is 5.75 Å². The lowest BCUT2D eigenvalue weighted by Crippen LogP contribution is -2.44. The zero-order valence-electron chi connectivity index (χ0n) is 14.2.